The Morgan fingerprint density at radius 1 is 1.46 bits per heavy atom. The van der Waals surface area contributed by atoms with Crippen LogP contribution in [0.4, 0.5) is 0 Å². The van der Waals surface area contributed by atoms with Gasteiger partial charge in [-0.2, -0.15) is 0 Å². The van der Waals surface area contributed by atoms with E-state index in [0.717, 1.165) is 36.8 Å². The van der Waals surface area contributed by atoms with Gasteiger partial charge in [0.05, 0.1) is 17.4 Å². The normalized spacial score (nSPS) is 19.6. The molecule has 2 aromatic rings. The molecular formula is C17H21N5OS. The van der Waals surface area contributed by atoms with Crippen LogP contribution in [-0.4, -0.2) is 27.5 Å². The molecule has 0 bridgehead atoms. The maximum absolute atomic E-state index is 12.5. The average molecular weight is 343 g/mol. The van der Waals surface area contributed by atoms with Crippen molar-refractivity contribution in [1.29, 1.82) is 0 Å². The lowest BCUT2D eigenvalue weighted by Gasteiger charge is -2.15. The summed E-state index contributed by atoms with van der Waals surface area (Å²) in [5, 5.41) is 6.45. The van der Waals surface area contributed by atoms with Crippen molar-refractivity contribution in [3.05, 3.63) is 40.7 Å². The van der Waals surface area contributed by atoms with Crippen LogP contribution < -0.4 is 16.4 Å². The van der Waals surface area contributed by atoms with Gasteiger partial charge in [0, 0.05) is 22.7 Å². The topological polar surface area (TPSA) is 85.0 Å². The Hall–Kier alpha value is -1.99. The molecule has 24 heavy (non-hydrogen) atoms. The molecule has 4 rings (SSSR count). The molecule has 1 aromatic carbocycles. The Labute approximate surface area is 144 Å². The molecule has 2 heterocycles. The molecule has 1 atom stereocenters. The van der Waals surface area contributed by atoms with Gasteiger partial charge in [0.2, 0.25) is 0 Å². The van der Waals surface area contributed by atoms with Crippen molar-refractivity contribution in [1.82, 2.24) is 20.2 Å². The lowest BCUT2D eigenvalue weighted by molar-refractivity contribution is 0.0947. The highest BCUT2D eigenvalue weighted by Gasteiger charge is 2.28. The fourth-order valence-electron chi connectivity index (χ4n) is 3.24. The van der Waals surface area contributed by atoms with E-state index in [-0.39, 0.29) is 11.4 Å². The van der Waals surface area contributed by atoms with Crippen molar-refractivity contribution >= 4 is 28.7 Å². The molecule has 0 radical (unpaired) electrons. The van der Waals surface area contributed by atoms with E-state index in [2.05, 4.69) is 20.2 Å². The highest BCUT2D eigenvalue weighted by molar-refractivity contribution is 8.03. The first-order valence-corrected chi connectivity index (χ1v) is 9.23. The van der Waals surface area contributed by atoms with Gasteiger partial charge in [-0.05, 0) is 50.4 Å². The number of allylic oxidation sites excluding steroid dienone is 2. The summed E-state index contributed by atoms with van der Waals surface area (Å²) in [6.45, 7) is 1.50. The summed E-state index contributed by atoms with van der Waals surface area (Å²) < 4.78 is 2.08. The fourth-order valence-corrected chi connectivity index (χ4v) is 4.46. The van der Waals surface area contributed by atoms with Crippen LogP contribution >= 0.6 is 11.8 Å². The Balaban J connectivity index is 1.45. The number of aryl methyl sites for hydroxylation is 1. The van der Waals surface area contributed by atoms with Gasteiger partial charge < -0.3 is 20.9 Å². The first kappa shape index (κ1) is 15.5. The van der Waals surface area contributed by atoms with Gasteiger partial charge in [-0.3, -0.25) is 4.79 Å². The Morgan fingerprint density at radius 2 is 2.38 bits per heavy atom. The molecule has 0 spiro atoms. The summed E-state index contributed by atoms with van der Waals surface area (Å²) in [6.07, 6.45) is 6.17. The zero-order valence-corrected chi connectivity index (χ0v) is 14.2. The van der Waals surface area contributed by atoms with Crippen molar-refractivity contribution < 1.29 is 4.79 Å². The van der Waals surface area contributed by atoms with E-state index in [9.17, 15) is 4.79 Å². The van der Waals surface area contributed by atoms with Gasteiger partial charge in [-0.25, -0.2) is 4.98 Å². The average Bonchev–Trinajstić information content (AvgIpc) is 3.26. The predicted octanol–water partition coefficient (Wildman–Crippen LogP) is 2.13. The monoisotopic (exact) mass is 343 g/mol. The number of aromatic nitrogens is 2. The van der Waals surface area contributed by atoms with Crippen molar-refractivity contribution in [3.8, 4) is 0 Å². The van der Waals surface area contributed by atoms with Gasteiger partial charge in [0.1, 0.15) is 0 Å². The summed E-state index contributed by atoms with van der Waals surface area (Å²) in [5.74, 6) is -0.0698. The van der Waals surface area contributed by atoms with Crippen LogP contribution in [0.15, 0.2) is 35.1 Å². The van der Waals surface area contributed by atoms with Crippen LogP contribution in [0.3, 0.4) is 0 Å². The molecule has 6 nitrogen and oxygen atoms in total. The Kier molecular flexibility index (Phi) is 4.20. The van der Waals surface area contributed by atoms with Gasteiger partial charge in [0.15, 0.2) is 5.50 Å². The number of hydrogen-bond acceptors (Lipinski definition) is 5. The number of hydrogen-bond donors (Lipinski definition) is 3. The van der Waals surface area contributed by atoms with E-state index in [0.29, 0.717) is 12.1 Å². The first-order chi connectivity index (χ1) is 11.7. The van der Waals surface area contributed by atoms with E-state index < -0.39 is 0 Å². The highest BCUT2D eigenvalue weighted by Crippen LogP contribution is 2.39. The van der Waals surface area contributed by atoms with Crippen LogP contribution in [0, 0.1) is 0 Å². The molecule has 4 N–H and O–H groups in total. The molecule has 0 saturated heterocycles. The summed E-state index contributed by atoms with van der Waals surface area (Å²) in [7, 11) is 0. The summed E-state index contributed by atoms with van der Waals surface area (Å²) >= 11 is 1.73. The lowest BCUT2D eigenvalue weighted by atomic mass is 10.2. The number of thioether (sulfide) groups is 1. The summed E-state index contributed by atoms with van der Waals surface area (Å²) in [6, 6.07) is 5.67. The molecule has 1 amide bonds. The quantitative estimate of drug-likeness (QED) is 0.774. The second-order valence-electron chi connectivity index (χ2n) is 6.15. The maximum atomic E-state index is 12.5. The summed E-state index contributed by atoms with van der Waals surface area (Å²) in [4.78, 5) is 18.3. The third-order valence-electron chi connectivity index (χ3n) is 4.48. The number of rotatable bonds is 5. The van der Waals surface area contributed by atoms with E-state index in [1.54, 1.807) is 11.8 Å². The number of fused-ring (bicyclic) bond motifs is 1. The molecular weight excluding hydrogens is 322 g/mol. The van der Waals surface area contributed by atoms with Gasteiger partial charge in [-0.15, -0.1) is 0 Å². The van der Waals surface area contributed by atoms with E-state index in [4.69, 9.17) is 5.73 Å². The number of nitrogens with two attached hydrogens (primary N) is 1. The van der Waals surface area contributed by atoms with Crippen molar-refractivity contribution in [3.63, 3.8) is 0 Å². The number of imidazole rings is 1. The van der Waals surface area contributed by atoms with Crippen LogP contribution in [0.2, 0.25) is 0 Å². The molecule has 1 aliphatic heterocycles. The first-order valence-electron chi connectivity index (χ1n) is 8.35. The van der Waals surface area contributed by atoms with Crippen LogP contribution in [0.25, 0.3) is 11.0 Å². The molecule has 1 aromatic heterocycles. The maximum Gasteiger partial charge on any atom is 0.253 e. The zero-order valence-electron chi connectivity index (χ0n) is 13.4. The molecule has 0 fully saturated rings. The third-order valence-corrected chi connectivity index (χ3v) is 5.69. The largest absolute Gasteiger partial charge is 0.359 e. The number of amides is 1. The number of benzene rings is 1. The van der Waals surface area contributed by atoms with Crippen molar-refractivity contribution in [2.75, 3.05) is 6.54 Å². The minimum Gasteiger partial charge on any atom is -0.359 e. The zero-order chi connectivity index (χ0) is 16.5. The van der Waals surface area contributed by atoms with E-state index >= 15 is 0 Å². The second-order valence-corrected chi connectivity index (χ2v) is 7.35. The summed E-state index contributed by atoms with van der Waals surface area (Å²) in [5.41, 5.74) is 9.33. The van der Waals surface area contributed by atoms with Gasteiger partial charge >= 0.3 is 0 Å². The standard InChI is InChI=1S/C17H21N5OS/c18-7-2-8-22-10-19-13-9-11(5-6-14(13)22)16(23)21-17-20-12-3-1-4-15(12)24-17/h5-6,9-10,17,20H,1-4,7-8,18H2,(H,21,23). The minimum absolute atomic E-state index is 0.0550. The van der Waals surface area contributed by atoms with Crippen LogP contribution in [0.5, 0.6) is 0 Å². The highest BCUT2D eigenvalue weighted by atomic mass is 32.2. The van der Waals surface area contributed by atoms with Crippen molar-refractivity contribution in [2.45, 2.75) is 37.7 Å². The van der Waals surface area contributed by atoms with Crippen LogP contribution in [0.1, 0.15) is 36.0 Å². The Bertz CT molecular complexity index is 796. The molecule has 0 saturated carbocycles. The van der Waals surface area contributed by atoms with E-state index in [1.165, 1.54) is 17.0 Å². The van der Waals surface area contributed by atoms with Crippen LogP contribution in [-0.2, 0) is 6.54 Å². The molecule has 2 aliphatic rings. The Morgan fingerprint density at radius 3 is 3.21 bits per heavy atom. The predicted molar refractivity (Wildman–Crippen MR) is 96.3 cm³/mol. The van der Waals surface area contributed by atoms with Crippen molar-refractivity contribution in [2.24, 2.45) is 5.73 Å². The molecule has 1 aliphatic carbocycles. The fraction of sp³-hybridized carbons (Fsp3) is 0.412. The number of carbonyl (C=O) groups is 1. The minimum atomic E-state index is -0.0698. The smallest absolute Gasteiger partial charge is 0.253 e. The van der Waals surface area contributed by atoms with Gasteiger partial charge in [0.25, 0.3) is 5.91 Å². The molecule has 7 heteroatoms. The number of nitrogens with zero attached hydrogens (tertiary/aromatic N) is 2. The molecule has 1 unspecified atom stereocenters. The third kappa shape index (κ3) is 2.89. The SMILES string of the molecule is NCCCn1cnc2cc(C(=O)NC3NC4=C(CCC4)S3)ccc21. The number of nitrogens with one attached hydrogen (secondary N) is 2. The number of carbonyl (C=O) groups excluding carboxylic acids is 1. The molecule has 126 valence electrons. The van der Waals surface area contributed by atoms with E-state index in [1.807, 2.05) is 24.5 Å². The second kappa shape index (κ2) is 6.49. The lowest BCUT2D eigenvalue weighted by Crippen LogP contribution is -2.40. The van der Waals surface area contributed by atoms with Gasteiger partial charge in [-0.1, -0.05) is 11.8 Å².